The van der Waals surface area contributed by atoms with Crippen LogP contribution < -0.4 is 11.1 Å². The van der Waals surface area contributed by atoms with Gasteiger partial charge in [0.25, 0.3) is 0 Å². The fourth-order valence-corrected chi connectivity index (χ4v) is 2.21. The second-order valence-corrected chi connectivity index (χ2v) is 5.19. The standard InChI is InChI=1S/C15H17ClN2O2/c1-3-4-7-17-8-9-18(15(20)14(17)19)13-10-12(16)6-5-11(13)2/h5-6,8-10H,3-4,7H2,1-2H3. The number of nitrogens with zero attached hydrogens (tertiary/aromatic N) is 2. The Hall–Kier alpha value is -1.81. The maximum atomic E-state index is 12.2. The quantitative estimate of drug-likeness (QED) is 0.813. The summed E-state index contributed by atoms with van der Waals surface area (Å²) in [7, 11) is 0. The molecule has 0 bridgehead atoms. The Bertz CT molecular complexity index is 731. The highest BCUT2D eigenvalue weighted by Gasteiger charge is 2.09. The fourth-order valence-electron chi connectivity index (χ4n) is 2.04. The van der Waals surface area contributed by atoms with Gasteiger partial charge in [-0.1, -0.05) is 31.0 Å². The van der Waals surface area contributed by atoms with E-state index in [1.807, 2.05) is 19.9 Å². The Balaban J connectivity index is 2.54. The summed E-state index contributed by atoms with van der Waals surface area (Å²) in [5.74, 6) is 0. The van der Waals surface area contributed by atoms with Gasteiger partial charge in [0, 0.05) is 24.0 Å². The van der Waals surface area contributed by atoms with Gasteiger partial charge < -0.3 is 4.57 Å². The molecule has 0 aliphatic rings. The molecule has 0 radical (unpaired) electrons. The molecule has 2 aromatic rings. The number of aryl methyl sites for hydroxylation is 2. The van der Waals surface area contributed by atoms with Crippen LogP contribution in [0, 0.1) is 6.92 Å². The smallest absolute Gasteiger partial charge is 0.309 e. The molecule has 1 heterocycles. The first kappa shape index (κ1) is 14.6. The highest BCUT2D eigenvalue weighted by atomic mass is 35.5. The van der Waals surface area contributed by atoms with Crippen molar-refractivity contribution in [3.63, 3.8) is 0 Å². The minimum absolute atomic E-state index is 0.500. The SMILES string of the molecule is CCCCn1ccn(-c2cc(Cl)ccc2C)c(=O)c1=O. The first-order valence-electron chi connectivity index (χ1n) is 6.63. The Labute approximate surface area is 122 Å². The summed E-state index contributed by atoms with van der Waals surface area (Å²) < 4.78 is 2.81. The van der Waals surface area contributed by atoms with E-state index in [2.05, 4.69) is 0 Å². The van der Waals surface area contributed by atoms with Gasteiger partial charge in [-0.2, -0.15) is 0 Å². The van der Waals surface area contributed by atoms with Gasteiger partial charge in [0.05, 0.1) is 5.69 Å². The van der Waals surface area contributed by atoms with E-state index >= 15 is 0 Å². The van der Waals surface area contributed by atoms with Crippen LogP contribution in [-0.2, 0) is 6.54 Å². The van der Waals surface area contributed by atoms with E-state index in [1.165, 1.54) is 9.13 Å². The maximum absolute atomic E-state index is 12.2. The summed E-state index contributed by atoms with van der Waals surface area (Å²) in [6.45, 7) is 4.49. The zero-order valence-corrected chi connectivity index (χ0v) is 12.4. The Morgan fingerprint density at radius 2 is 1.90 bits per heavy atom. The van der Waals surface area contributed by atoms with Crippen LogP contribution in [-0.4, -0.2) is 9.13 Å². The third-order valence-corrected chi connectivity index (χ3v) is 3.48. The van der Waals surface area contributed by atoms with Gasteiger partial charge in [-0.05, 0) is 31.0 Å². The highest BCUT2D eigenvalue weighted by Crippen LogP contribution is 2.17. The van der Waals surface area contributed by atoms with Crippen molar-refractivity contribution in [3.8, 4) is 5.69 Å². The van der Waals surface area contributed by atoms with Gasteiger partial charge in [-0.25, -0.2) is 0 Å². The first-order chi connectivity index (χ1) is 9.54. The molecule has 0 saturated heterocycles. The van der Waals surface area contributed by atoms with E-state index in [0.717, 1.165) is 18.4 Å². The largest absolute Gasteiger partial charge is 0.320 e. The molecule has 5 heteroatoms. The molecule has 0 N–H and O–H groups in total. The average Bonchev–Trinajstić information content (AvgIpc) is 2.43. The molecule has 0 fully saturated rings. The molecule has 2 rings (SSSR count). The molecule has 0 amide bonds. The van der Waals surface area contributed by atoms with Crippen LogP contribution in [0.25, 0.3) is 5.69 Å². The average molecular weight is 293 g/mol. The second kappa shape index (κ2) is 6.09. The van der Waals surface area contributed by atoms with Crippen molar-refractivity contribution in [2.24, 2.45) is 0 Å². The van der Waals surface area contributed by atoms with Crippen molar-refractivity contribution >= 4 is 11.6 Å². The molecular weight excluding hydrogens is 276 g/mol. The van der Waals surface area contributed by atoms with E-state index in [0.29, 0.717) is 17.3 Å². The predicted molar refractivity (Wildman–Crippen MR) is 81.0 cm³/mol. The topological polar surface area (TPSA) is 44.0 Å². The molecule has 4 nitrogen and oxygen atoms in total. The normalized spacial score (nSPS) is 10.8. The van der Waals surface area contributed by atoms with E-state index < -0.39 is 11.1 Å². The van der Waals surface area contributed by atoms with E-state index in [1.54, 1.807) is 24.5 Å². The summed E-state index contributed by atoms with van der Waals surface area (Å²) in [6.07, 6.45) is 5.13. The molecule has 0 saturated carbocycles. The number of benzene rings is 1. The van der Waals surface area contributed by atoms with Crippen molar-refractivity contribution in [2.75, 3.05) is 0 Å². The summed E-state index contributed by atoms with van der Waals surface area (Å²) in [5, 5.41) is 0.535. The second-order valence-electron chi connectivity index (χ2n) is 4.76. The number of aromatic nitrogens is 2. The molecule has 0 unspecified atom stereocenters. The van der Waals surface area contributed by atoms with E-state index in [-0.39, 0.29) is 0 Å². The van der Waals surface area contributed by atoms with Crippen molar-refractivity contribution in [1.82, 2.24) is 9.13 Å². The minimum atomic E-state index is -0.547. The molecule has 1 aromatic heterocycles. The Morgan fingerprint density at radius 3 is 2.60 bits per heavy atom. The molecular formula is C15H17ClN2O2. The fraction of sp³-hybridized carbons (Fsp3) is 0.333. The molecule has 0 atom stereocenters. The predicted octanol–water partition coefficient (Wildman–Crippen LogP) is 2.76. The number of halogens is 1. The lowest BCUT2D eigenvalue weighted by molar-refractivity contribution is 0.598. The van der Waals surface area contributed by atoms with Gasteiger partial charge in [-0.15, -0.1) is 0 Å². The molecule has 106 valence electrons. The van der Waals surface area contributed by atoms with Crippen LogP contribution in [0.5, 0.6) is 0 Å². The zero-order valence-electron chi connectivity index (χ0n) is 11.6. The van der Waals surface area contributed by atoms with Gasteiger partial charge in [0.15, 0.2) is 0 Å². The Morgan fingerprint density at radius 1 is 1.15 bits per heavy atom. The summed E-state index contributed by atoms with van der Waals surface area (Å²) in [6, 6.07) is 5.27. The van der Waals surface area contributed by atoms with Crippen molar-refractivity contribution < 1.29 is 0 Å². The van der Waals surface area contributed by atoms with Crippen LogP contribution in [0.1, 0.15) is 25.3 Å². The molecule has 20 heavy (non-hydrogen) atoms. The van der Waals surface area contributed by atoms with E-state index in [9.17, 15) is 9.59 Å². The summed E-state index contributed by atoms with van der Waals surface area (Å²) in [5.41, 5.74) is 0.485. The summed E-state index contributed by atoms with van der Waals surface area (Å²) in [4.78, 5) is 24.3. The van der Waals surface area contributed by atoms with Gasteiger partial charge in [0.1, 0.15) is 0 Å². The number of unbranched alkanes of at least 4 members (excludes halogenated alkanes) is 1. The highest BCUT2D eigenvalue weighted by molar-refractivity contribution is 6.30. The van der Waals surface area contributed by atoms with Gasteiger partial charge >= 0.3 is 11.1 Å². The van der Waals surface area contributed by atoms with Crippen LogP contribution >= 0.6 is 11.6 Å². The molecule has 0 aliphatic heterocycles. The molecule has 0 spiro atoms. The number of hydrogen-bond acceptors (Lipinski definition) is 2. The van der Waals surface area contributed by atoms with Crippen molar-refractivity contribution in [3.05, 3.63) is 61.9 Å². The van der Waals surface area contributed by atoms with Crippen LogP contribution in [0.15, 0.2) is 40.2 Å². The van der Waals surface area contributed by atoms with Crippen LogP contribution in [0.3, 0.4) is 0 Å². The summed E-state index contributed by atoms with van der Waals surface area (Å²) >= 11 is 5.96. The third kappa shape index (κ3) is 2.85. The van der Waals surface area contributed by atoms with Gasteiger partial charge in [-0.3, -0.25) is 14.2 Å². The maximum Gasteiger partial charge on any atom is 0.320 e. The number of hydrogen-bond donors (Lipinski definition) is 0. The lowest BCUT2D eigenvalue weighted by atomic mass is 10.2. The molecule has 0 aliphatic carbocycles. The monoisotopic (exact) mass is 292 g/mol. The zero-order chi connectivity index (χ0) is 14.7. The third-order valence-electron chi connectivity index (χ3n) is 3.24. The van der Waals surface area contributed by atoms with Crippen LogP contribution in [0.2, 0.25) is 5.02 Å². The minimum Gasteiger partial charge on any atom is -0.309 e. The lowest BCUT2D eigenvalue weighted by Gasteiger charge is -2.11. The van der Waals surface area contributed by atoms with Crippen LogP contribution in [0.4, 0.5) is 0 Å². The van der Waals surface area contributed by atoms with Crippen molar-refractivity contribution in [2.45, 2.75) is 33.2 Å². The Kier molecular flexibility index (Phi) is 4.45. The lowest BCUT2D eigenvalue weighted by Crippen LogP contribution is -2.40. The van der Waals surface area contributed by atoms with E-state index in [4.69, 9.17) is 11.6 Å². The molecule has 1 aromatic carbocycles. The van der Waals surface area contributed by atoms with Crippen molar-refractivity contribution in [1.29, 1.82) is 0 Å². The first-order valence-corrected chi connectivity index (χ1v) is 7.01. The number of rotatable bonds is 4. The van der Waals surface area contributed by atoms with Gasteiger partial charge in [0.2, 0.25) is 0 Å².